The van der Waals surface area contributed by atoms with Crippen molar-refractivity contribution in [2.75, 3.05) is 11.9 Å². The predicted molar refractivity (Wildman–Crippen MR) is 154 cm³/mol. The smallest absolute Gasteiger partial charge is 0.312 e. The molecule has 4 amide bonds. The Hall–Kier alpha value is -2.90. The minimum absolute atomic E-state index is 0.00703. The maximum Gasteiger partial charge on any atom is 0.312 e. The van der Waals surface area contributed by atoms with Gasteiger partial charge >= 0.3 is 6.03 Å². The summed E-state index contributed by atoms with van der Waals surface area (Å²) in [6.45, 7) is 16.8. The number of rotatable bonds is 14. The fourth-order valence-electron chi connectivity index (χ4n) is 4.17. The van der Waals surface area contributed by atoms with Crippen molar-refractivity contribution in [2.24, 2.45) is 28.4 Å². The Morgan fingerprint density at radius 1 is 0.921 bits per heavy atom. The number of hydrogen-bond donors (Lipinski definition) is 4. The molecule has 0 saturated carbocycles. The van der Waals surface area contributed by atoms with E-state index in [0.717, 1.165) is 6.42 Å². The number of nitrogens with two attached hydrogens (primary N) is 1. The third kappa shape index (κ3) is 14.1. The minimum atomic E-state index is -0.668. The number of urea groups is 1. The Kier molecular flexibility index (Phi) is 13.0. The minimum Gasteiger partial charge on any atom is -0.352 e. The van der Waals surface area contributed by atoms with Gasteiger partial charge in [0.1, 0.15) is 0 Å². The zero-order valence-electron chi connectivity index (χ0n) is 24.7. The normalized spacial score (nSPS) is 13.5. The second-order valence-corrected chi connectivity index (χ2v) is 13.1. The highest BCUT2D eigenvalue weighted by atomic mass is 16.2. The summed E-state index contributed by atoms with van der Waals surface area (Å²) >= 11 is 0. The molecular weight excluding hydrogens is 480 g/mol. The van der Waals surface area contributed by atoms with Gasteiger partial charge in [-0.3, -0.25) is 14.4 Å². The first kappa shape index (κ1) is 33.1. The Morgan fingerprint density at radius 2 is 1.53 bits per heavy atom. The average molecular weight is 531 g/mol. The van der Waals surface area contributed by atoms with E-state index in [9.17, 15) is 19.2 Å². The number of amides is 4. The van der Waals surface area contributed by atoms with Gasteiger partial charge in [-0.1, -0.05) is 67.5 Å². The molecule has 0 aliphatic heterocycles. The zero-order valence-corrected chi connectivity index (χ0v) is 24.7. The lowest BCUT2D eigenvalue weighted by atomic mass is 9.88. The van der Waals surface area contributed by atoms with Crippen LogP contribution in [0, 0.1) is 22.7 Å². The summed E-state index contributed by atoms with van der Waals surface area (Å²) < 4.78 is 0. The predicted octanol–water partition coefficient (Wildman–Crippen LogP) is 5.20. The topological polar surface area (TPSA) is 130 Å². The van der Waals surface area contributed by atoms with Gasteiger partial charge < -0.3 is 21.7 Å². The van der Waals surface area contributed by atoms with Gasteiger partial charge in [0, 0.05) is 31.0 Å². The van der Waals surface area contributed by atoms with Crippen LogP contribution in [-0.2, 0) is 20.8 Å². The van der Waals surface area contributed by atoms with E-state index < -0.39 is 18.0 Å². The molecule has 1 aromatic carbocycles. The second kappa shape index (κ2) is 14.9. The fraction of sp³-hybridized carbons (Fsp3) is 0.667. The van der Waals surface area contributed by atoms with E-state index in [1.807, 2.05) is 38.1 Å². The Bertz CT molecular complexity index is 927. The standard InChI is InChI=1S/C30H50N4O4/c1-20(2)26(34-25(36)15-16-29(3,4)5)24(35)18-22(10-9-17-32-28(31)38)27(37)33-23-13-11-21(12-14-23)19-30(6,7)8/h11-14,20,22,26H,9-10,15-19H2,1-8H3,(H,33,37)(H,34,36)(H3,31,32,38)/t22-,26+/m1/s1. The molecule has 2 atom stereocenters. The molecule has 8 heteroatoms. The van der Waals surface area contributed by atoms with Crippen LogP contribution in [0.5, 0.6) is 0 Å². The summed E-state index contributed by atoms with van der Waals surface area (Å²) in [4.78, 5) is 50.2. The molecule has 0 heterocycles. The molecule has 0 aromatic heterocycles. The van der Waals surface area contributed by atoms with Crippen LogP contribution in [0.15, 0.2) is 24.3 Å². The highest BCUT2D eigenvalue weighted by Crippen LogP contribution is 2.24. The van der Waals surface area contributed by atoms with E-state index in [1.54, 1.807) is 0 Å². The number of primary amides is 1. The monoisotopic (exact) mass is 530 g/mol. The van der Waals surface area contributed by atoms with Crippen molar-refractivity contribution in [3.63, 3.8) is 0 Å². The molecule has 214 valence electrons. The number of carbonyl (C=O) groups excluding carboxylic acids is 4. The Labute approximate surface area is 229 Å². The average Bonchev–Trinajstić information content (AvgIpc) is 2.77. The van der Waals surface area contributed by atoms with Crippen molar-refractivity contribution in [3.8, 4) is 0 Å². The van der Waals surface area contributed by atoms with Crippen molar-refractivity contribution in [1.82, 2.24) is 10.6 Å². The molecule has 0 fully saturated rings. The van der Waals surface area contributed by atoms with Gasteiger partial charge in [0.15, 0.2) is 5.78 Å². The van der Waals surface area contributed by atoms with Gasteiger partial charge in [0.25, 0.3) is 0 Å². The number of ketones is 1. The van der Waals surface area contributed by atoms with Gasteiger partial charge in [-0.15, -0.1) is 0 Å². The fourth-order valence-corrected chi connectivity index (χ4v) is 4.17. The molecule has 0 aliphatic carbocycles. The molecule has 1 rings (SSSR count). The SMILES string of the molecule is CC(C)[C@H](NC(=O)CCC(C)(C)C)C(=O)C[C@@H](CCCNC(N)=O)C(=O)Nc1ccc(CC(C)(C)C)cc1. The van der Waals surface area contributed by atoms with E-state index in [-0.39, 0.29) is 40.8 Å². The van der Waals surface area contributed by atoms with Crippen molar-refractivity contribution in [2.45, 2.75) is 100.0 Å². The van der Waals surface area contributed by atoms with Crippen LogP contribution in [0.2, 0.25) is 0 Å². The third-order valence-electron chi connectivity index (χ3n) is 6.23. The number of anilines is 1. The van der Waals surface area contributed by atoms with Crippen molar-refractivity contribution in [1.29, 1.82) is 0 Å². The van der Waals surface area contributed by atoms with Gasteiger partial charge in [-0.05, 0) is 60.1 Å². The molecule has 8 nitrogen and oxygen atoms in total. The van der Waals surface area contributed by atoms with E-state index in [4.69, 9.17) is 5.73 Å². The van der Waals surface area contributed by atoms with Crippen LogP contribution in [0.4, 0.5) is 10.5 Å². The number of carbonyl (C=O) groups is 4. The molecule has 0 saturated heterocycles. The second-order valence-electron chi connectivity index (χ2n) is 13.1. The third-order valence-corrected chi connectivity index (χ3v) is 6.23. The maximum absolute atomic E-state index is 13.3. The lowest BCUT2D eigenvalue weighted by molar-refractivity contribution is -0.131. The zero-order chi connectivity index (χ0) is 29.1. The van der Waals surface area contributed by atoms with Crippen LogP contribution in [0.1, 0.15) is 93.1 Å². The summed E-state index contributed by atoms with van der Waals surface area (Å²) in [6, 6.07) is 6.45. The molecule has 1 aromatic rings. The van der Waals surface area contributed by atoms with E-state index in [2.05, 4.69) is 57.5 Å². The lowest BCUT2D eigenvalue weighted by Gasteiger charge is -2.25. The molecule has 5 N–H and O–H groups in total. The number of Topliss-reactive ketones (excluding diaryl/α,β-unsaturated/α-hetero) is 1. The Morgan fingerprint density at radius 3 is 2.03 bits per heavy atom. The first-order chi connectivity index (χ1) is 17.5. The molecular formula is C30H50N4O4. The van der Waals surface area contributed by atoms with Gasteiger partial charge in [0.2, 0.25) is 11.8 Å². The van der Waals surface area contributed by atoms with Crippen LogP contribution in [-0.4, -0.2) is 36.2 Å². The number of benzene rings is 1. The van der Waals surface area contributed by atoms with Crippen LogP contribution in [0.3, 0.4) is 0 Å². The van der Waals surface area contributed by atoms with E-state index >= 15 is 0 Å². The lowest BCUT2D eigenvalue weighted by Crippen LogP contribution is -2.45. The molecule has 0 bridgehead atoms. The van der Waals surface area contributed by atoms with Crippen LogP contribution in [0.25, 0.3) is 0 Å². The van der Waals surface area contributed by atoms with E-state index in [0.29, 0.717) is 37.9 Å². The van der Waals surface area contributed by atoms with Gasteiger partial charge in [0.05, 0.1) is 6.04 Å². The summed E-state index contributed by atoms with van der Waals surface area (Å²) in [6.07, 6.45) is 2.85. The summed E-state index contributed by atoms with van der Waals surface area (Å²) in [7, 11) is 0. The molecule has 0 spiro atoms. The number of hydrogen-bond acceptors (Lipinski definition) is 4. The van der Waals surface area contributed by atoms with Crippen LogP contribution >= 0.6 is 0 Å². The Balaban J connectivity index is 2.93. The van der Waals surface area contributed by atoms with Crippen LogP contribution < -0.4 is 21.7 Å². The summed E-state index contributed by atoms with van der Waals surface area (Å²) in [5.41, 5.74) is 7.17. The molecule has 0 aliphatic rings. The summed E-state index contributed by atoms with van der Waals surface area (Å²) in [5, 5.41) is 8.36. The van der Waals surface area contributed by atoms with Gasteiger partial charge in [-0.25, -0.2) is 4.79 Å². The molecule has 0 radical (unpaired) electrons. The van der Waals surface area contributed by atoms with Gasteiger partial charge in [-0.2, -0.15) is 0 Å². The summed E-state index contributed by atoms with van der Waals surface area (Å²) in [5.74, 6) is -1.32. The number of nitrogens with one attached hydrogen (secondary N) is 3. The maximum atomic E-state index is 13.3. The van der Waals surface area contributed by atoms with Crippen molar-refractivity contribution in [3.05, 3.63) is 29.8 Å². The highest BCUT2D eigenvalue weighted by Gasteiger charge is 2.29. The molecule has 0 unspecified atom stereocenters. The highest BCUT2D eigenvalue weighted by molar-refractivity contribution is 5.97. The quantitative estimate of drug-likeness (QED) is 0.246. The largest absolute Gasteiger partial charge is 0.352 e. The molecule has 38 heavy (non-hydrogen) atoms. The first-order valence-electron chi connectivity index (χ1n) is 13.7. The van der Waals surface area contributed by atoms with Crippen molar-refractivity contribution < 1.29 is 19.2 Å². The van der Waals surface area contributed by atoms with Crippen molar-refractivity contribution >= 4 is 29.3 Å². The van der Waals surface area contributed by atoms with E-state index in [1.165, 1.54) is 5.56 Å². The first-order valence-corrected chi connectivity index (χ1v) is 13.7.